The smallest absolute Gasteiger partial charge is 0.123 e. The Morgan fingerprint density at radius 3 is 3.00 bits per heavy atom. The van der Waals surface area contributed by atoms with Crippen molar-refractivity contribution in [3.63, 3.8) is 0 Å². The summed E-state index contributed by atoms with van der Waals surface area (Å²) in [6.45, 7) is 0.526. The molecule has 1 aromatic heterocycles. The lowest BCUT2D eigenvalue weighted by molar-refractivity contribution is 1.10. The molecule has 0 bridgehead atoms. The van der Waals surface area contributed by atoms with Gasteiger partial charge in [0.25, 0.3) is 0 Å². The molecule has 4 N–H and O–H groups in total. The molecule has 0 saturated heterocycles. The van der Waals surface area contributed by atoms with Crippen LogP contribution in [0.1, 0.15) is 11.1 Å². The maximum absolute atomic E-state index is 9.00. The number of anilines is 2. The van der Waals surface area contributed by atoms with E-state index in [0.717, 1.165) is 15.7 Å². The maximum atomic E-state index is 9.00. The SMILES string of the molecule is N#Cc1cc(Br)ccc1NCc1cn[nH]c1N. The van der Waals surface area contributed by atoms with Gasteiger partial charge in [0.1, 0.15) is 11.9 Å². The van der Waals surface area contributed by atoms with Crippen LogP contribution in [0.2, 0.25) is 0 Å². The molecule has 0 fully saturated rings. The van der Waals surface area contributed by atoms with Crippen LogP contribution in [0, 0.1) is 11.3 Å². The molecule has 1 heterocycles. The first kappa shape index (κ1) is 11.5. The molecule has 5 nitrogen and oxygen atoms in total. The van der Waals surface area contributed by atoms with E-state index < -0.39 is 0 Å². The number of aromatic amines is 1. The molecular formula is C11H10BrN5. The predicted molar refractivity (Wildman–Crippen MR) is 69.2 cm³/mol. The van der Waals surface area contributed by atoms with E-state index in [1.807, 2.05) is 12.1 Å². The molecule has 0 amide bonds. The van der Waals surface area contributed by atoms with E-state index in [4.69, 9.17) is 11.0 Å². The number of aromatic nitrogens is 2. The largest absolute Gasteiger partial charge is 0.384 e. The monoisotopic (exact) mass is 291 g/mol. The number of nitrogens with one attached hydrogen (secondary N) is 2. The van der Waals surface area contributed by atoms with Crippen molar-refractivity contribution < 1.29 is 0 Å². The number of nitrogen functional groups attached to an aromatic ring is 1. The van der Waals surface area contributed by atoms with E-state index in [1.165, 1.54) is 0 Å². The Bertz CT molecular complexity index is 569. The molecule has 2 aromatic rings. The zero-order chi connectivity index (χ0) is 12.3. The number of halogens is 1. The molecule has 0 aliphatic carbocycles. The van der Waals surface area contributed by atoms with Gasteiger partial charge in [0.2, 0.25) is 0 Å². The highest BCUT2D eigenvalue weighted by atomic mass is 79.9. The molecule has 0 saturated carbocycles. The fraction of sp³-hybridized carbons (Fsp3) is 0.0909. The molecule has 1 aromatic carbocycles. The van der Waals surface area contributed by atoms with Gasteiger partial charge < -0.3 is 11.1 Å². The van der Waals surface area contributed by atoms with Crippen molar-refractivity contribution in [2.45, 2.75) is 6.54 Å². The van der Waals surface area contributed by atoms with E-state index in [-0.39, 0.29) is 0 Å². The number of nitrogens with two attached hydrogens (primary N) is 1. The van der Waals surface area contributed by atoms with E-state index >= 15 is 0 Å². The molecule has 0 spiro atoms. The third-order valence-corrected chi connectivity index (χ3v) is 2.82. The van der Waals surface area contributed by atoms with Crippen LogP contribution in [-0.4, -0.2) is 10.2 Å². The molecule has 0 radical (unpaired) electrons. The summed E-state index contributed by atoms with van der Waals surface area (Å²) in [5.74, 6) is 0.535. The second-order valence-corrected chi connectivity index (χ2v) is 4.38. The van der Waals surface area contributed by atoms with Gasteiger partial charge in [-0.25, -0.2) is 0 Å². The van der Waals surface area contributed by atoms with Crippen LogP contribution in [-0.2, 0) is 6.54 Å². The molecular weight excluding hydrogens is 282 g/mol. The van der Waals surface area contributed by atoms with Crippen molar-refractivity contribution in [2.24, 2.45) is 0 Å². The van der Waals surface area contributed by atoms with E-state index in [1.54, 1.807) is 12.3 Å². The van der Waals surface area contributed by atoms with Crippen molar-refractivity contribution in [1.82, 2.24) is 10.2 Å². The van der Waals surface area contributed by atoms with Gasteiger partial charge in [0, 0.05) is 16.6 Å². The summed E-state index contributed by atoms with van der Waals surface area (Å²) < 4.78 is 0.877. The number of hydrogen-bond donors (Lipinski definition) is 3. The quantitative estimate of drug-likeness (QED) is 0.809. The highest BCUT2D eigenvalue weighted by Crippen LogP contribution is 2.21. The summed E-state index contributed by atoms with van der Waals surface area (Å²) in [5, 5.41) is 18.6. The molecule has 2 rings (SSSR count). The summed E-state index contributed by atoms with van der Waals surface area (Å²) >= 11 is 3.32. The lowest BCUT2D eigenvalue weighted by Gasteiger charge is -2.07. The number of nitrogens with zero attached hydrogens (tertiary/aromatic N) is 2. The maximum Gasteiger partial charge on any atom is 0.123 e. The van der Waals surface area contributed by atoms with Gasteiger partial charge in [0.15, 0.2) is 0 Å². The zero-order valence-electron chi connectivity index (χ0n) is 8.87. The third kappa shape index (κ3) is 2.57. The Morgan fingerprint density at radius 2 is 2.35 bits per heavy atom. The average molecular weight is 292 g/mol. The topological polar surface area (TPSA) is 90.5 Å². The average Bonchev–Trinajstić information content (AvgIpc) is 2.73. The molecule has 0 aliphatic heterocycles. The minimum atomic E-state index is 0.526. The van der Waals surface area contributed by atoms with Crippen LogP contribution >= 0.6 is 15.9 Å². The second-order valence-electron chi connectivity index (χ2n) is 3.46. The van der Waals surface area contributed by atoms with E-state index in [9.17, 15) is 0 Å². The van der Waals surface area contributed by atoms with Crippen LogP contribution < -0.4 is 11.1 Å². The van der Waals surface area contributed by atoms with Crippen LogP contribution in [0.4, 0.5) is 11.5 Å². The Labute approximate surface area is 107 Å². The minimum absolute atomic E-state index is 0.526. The third-order valence-electron chi connectivity index (χ3n) is 2.32. The molecule has 0 aliphatic rings. The fourth-order valence-corrected chi connectivity index (χ4v) is 1.78. The van der Waals surface area contributed by atoms with Crippen molar-refractivity contribution in [2.75, 3.05) is 11.1 Å². The van der Waals surface area contributed by atoms with E-state index in [2.05, 4.69) is 37.5 Å². The zero-order valence-corrected chi connectivity index (χ0v) is 10.5. The number of nitriles is 1. The normalized spacial score (nSPS) is 9.88. The highest BCUT2D eigenvalue weighted by molar-refractivity contribution is 9.10. The number of hydrogen-bond acceptors (Lipinski definition) is 4. The molecule has 17 heavy (non-hydrogen) atoms. The summed E-state index contributed by atoms with van der Waals surface area (Å²) in [6, 6.07) is 7.62. The van der Waals surface area contributed by atoms with Crippen LogP contribution in [0.3, 0.4) is 0 Å². The number of H-pyrrole nitrogens is 1. The van der Waals surface area contributed by atoms with Crippen molar-refractivity contribution in [3.8, 4) is 6.07 Å². The second kappa shape index (κ2) is 4.89. The number of benzene rings is 1. The van der Waals surface area contributed by atoms with Gasteiger partial charge >= 0.3 is 0 Å². The Morgan fingerprint density at radius 1 is 1.53 bits per heavy atom. The first-order valence-corrected chi connectivity index (χ1v) is 5.71. The predicted octanol–water partition coefficient (Wildman–Crippen LogP) is 2.24. The van der Waals surface area contributed by atoms with Gasteiger partial charge in [-0.2, -0.15) is 10.4 Å². The summed E-state index contributed by atoms with van der Waals surface area (Å²) in [4.78, 5) is 0. The lowest BCUT2D eigenvalue weighted by atomic mass is 10.2. The fourth-order valence-electron chi connectivity index (χ4n) is 1.42. The number of rotatable bonds is 3. The molecule has 6 heteroatoms. The summed E-state index contributed by atoms with van der Waals surface area (Å²) in [7, 11) is 0. The van der Waals surface area contributed by atoms with Crippen LogP contribution in [0.25, 0.3) is 0 Å². The standard InChI is InChI=1S/C11H10BrN5/c12-9-1-2-10(7(3-9)4-13)15-5-8-6-16-17-11(8)14/h1-3,6,15H,5H2,(H3,14,16,17). The first-order valence-electron chi connectivity index (χ1n) is 4.92. The Balaban J connectivity index is 2.15. The van der Waals surface area contributed by atoms with Gasteiger partial charge in [-0.1, -0.05) is 15.9 Å². The Hall–Kier alpha value is -2.00. The summed E-state index contributed by atoms with van der Waals surface area (Å²) in [6.07, 6.45) is 1.66. The van der Waals surface area contributed by atoms with Gasteiger partial charge in [-0.05, 0) is 18.2 Å². The van der Waals surface area contributed by atoms with Gasteiger partial charge in [0.05, 0.1) is 17.4 Å². The van der Waals surface area contributed by atoms with Gasteiger partial charge in [-0.15, -0.1) is 0 Å². The van der Waals surface area contributed by atoms with E-state index in [0.29, 0.717) is 17.9 Å². The molecule has 0 unspecified atom stereocenters. The summed E-state index contributed by atoms with van der Waals surface area (Å²) in [5.41, 5.74) is 7.90. The Kier molecular flexibility index (Phi) is 3.30. The lowest BCUT2D eigenvalue weighted by Crippen LogP contribution is -2.02. The molecule has 0 atom stereocenters. The molecule has 86 valence electrons. The minimum Gasteiger partial charge on any atom is -0.384 e. The van der Waals surface area contributed by atoms with Crippen molar-refractivity contribution >= 4 is 27.4 Å². The van der Waals surface area contributed by atoms with Gasteiger partial charge in [-0.3, -0.25) is 5.10 Å². The highest BCUT2D eigenvalue weighted by Gasteiger charge is 2.04. The van der Waals surface area contributed by atoms with Crippen LogP contribution in [0.15, 0.2) is 28.9 Å². The van der Waals surface area contributed by atoms with Crippen molar-refractivity contribution in [3.05, 3.63) is 40.0 Å². The van der Waals surface area contributed by atoms with Crippen molar-refractivity contribution in [1.29, 1.82) is 5.26 Å². The first-order chi connectivity index (χ1) is 8.20. The van der Waals surface area contributed by atoms with Crippen LogP contribution in [0.5, 0.6) is 0 Å².